The molecule has 1 atom stereocenters. The Morgan fingerprint density at radius 3 is 2.03 bits per heavy atom. The van der Waals surface area contributed by atoms with Gasteiger partial charge in [0.25, 0.3) is 0 Å². The van der Waals surface area contributed by atoms with Crippen LogP contribution in [0.1, 0.15) is 18.4 Å². The fraction of sp³-hybridized carbons (Fsp3) is 0.200. The predicted octanol–water partition coefficient (Wildman–Crippen LogP) is 6.21. The molecule has 5 rings (SSSR count). The Kier molecular flexibility index (Phi) is 6.21. The second-order valence-corrected chi connectivity index (χ2v) is 9.76. The van der Waals surface area contributed by atoms with Crippen LogP contribution in [-0.2, 0) is 4.79 Å². The first-order chi connectivity index (χ1) is 17.7. The van der Waals surface area contributed by atoms with Gasteiger partial charge in [0.1, 0.15) is 5.82 Å². The summed E-state index contributed by atoms with van der Waals surface area (Å²) in [5.41, 5.74) is 8.68. The van der Waals surface area contributed by atoms with Crippen molar-refractivity contribution < 1.29 is 9.90 Å². The molecule has 37 heavy (non-hydrogen) atoms. The van der Waals surface area contributed by atoms with Gasteiger partial charge in [0.15, 0.2) is 0 Å². The monoisotopic (exact) mass is 493 g/mol. The van der Waals surface area contributed by atoms with E-state index in [4.69, 9.17) is 4.98 Å². The molecule has 0 aliphatic heterocycles. The molecule has 0 amide bonds. The first kappa shape index (κ1) is 24.2. The topological polar surface area (TPSA) is 88.2 Å². The molecule has 0 spiro atoms. The third-order valence-corrected chi connectivity index (χ3v) is 6.86. The highest BCUT2D eigenvalue weighted by molar-refractivity contribution is 5.96. The van der Waals surface area contributed by atoms with Gasteiger partial charge < -0.3 is 24.9 Å². The second-order valence-electron chi connectivity index (χ2n) is 9.76. The second kappa shape index (κ2) is 9.50. The molecule has 5 aromatic rings. The lowest BCUT2D eigenvalue weighted by atomic mass is 9.99. The van der Waals surface area contributed by atoms with Crippen LogP contribution in [0.2, 0.25) is 0 Å². The van der Waals surface area contributed by atoms with E-state index < -0.39 is 11.9 Å². The zero-order chi connectivity index (χ0) is 26.3. The summed E-state index contributed by atoms with van der Waals surface area (Å²) in [4.78, 5) is 27.7. The molecule has 3 N–H and O–H groups in total. The van der Waals surface area contributed by atoms with Gasteiger partial charge in [-0.25, -0.2) is 4.98 Å². The molecule has 0 radical (unpaired) electrons. The van der Waals surface area contributed by atoms with Crippen molar-refractivity contribution in [1.82, 2.24) is 15.0 Å². The van der Waals surface area contributed by atoms with E-state index in [0.717, 1.165) is 61.7 Å². The summed E-state index contributed by atoms with van der Waals surface area (Å²) < 4.78 is 0. The number of rotatable bonds is 7. The summed E-state index contributed by atoms with van der Waals surface area (Å²) in [6.07, 6.45) is 1.93. The van der Waals surface area contributed by atoms with Gasteiger partial charge in [0.2, 0.25) is 0 Å². The number of hydrogen-bond acceptors (Lipinski definition) is 4. The van der Waals surface area contributed by atoms with E-state index in [0.29, 0.717) is 0 Å². The number of fused-ring (bicyclic) bond motifs is 1. The van der Waals surface area contributed by atoms with Crippen LogP contribution in [0, 0.1) is 0 Å². The molecule has 2 aromatic heterocycles. The van der Waals surface area contributed by atoms with Crippen LogP contribution in [-0.4, -0.2) is 54.2 Å². The van der Waals surface area contributed by atoms with Gasteiger partial charge >= 0.3 is 5.97 Å². The average molecular weight is 494 g/mol. The number of carboxylic acid groups (broad SMARTS) is 1. The summed E-state index contributed by atoms with van der Waals surface area (Å²) >= 11 is 0. The molecule has 0 aliphatic rings. The van der Waals surface area contributed by atoms with Crippen molar-refractivity contribution in [2.45, 2.75) is 12.8 Å². The van der Waals surface area contributed by atoms with Crippen LogP contribution in [0.25, 0.3) is 44.8 Å². The fourth-order valence-corrected chi connectivity index (χ4v) is 4.51. The number of nitrogens with zero attached hydrogens (tertiary/aromatic N) is 3. The minimum Gasteiger partial charge on any atom is -0.481 e. The maximum absolute atomic E-state index is 11.6. The van der Waals surface area contributed by atoms with Gasteiger partial charge in [-0.05, 0) is 48.9 Å². The van der Waals surface area contributed by atoms with Gasteiger partial charge in [-0.2, -0.15) is 0 Å². The van der Waals surface area contributed by atoms with Gasteiger partial charge in [-0.15, -0.1) is 0 Å². The maximum atomic E-state index is 11.6. The quantitative estimate of drug-likeness (QED) is 0.251. The van der Waals surface area contributed by atoms with E-state index in [1.54, 1.807) is 6.92 Å². The van der Waals surface area contributed by atoms with E-state index in [2.05, 4.69) is 68.3 Å². The number of aromatic nitrogens is 3. The molecule has 0 saturated carbocycles. The summed E-state index contributed by atoms with van der Waals surface area (Å²) in [7, 11) is 8.10. The molecule has 1 unspecified atom stereocenters. The minimum atomic E-state index is -0.846. The van der Waals surface area contributed by atoms with Crippen LogP contribution < -0.4 is 9.80 Å². The van der Waals surface area contributed by atoms with E-state index in [-0.39, 0.29) is 0 Å². The number of aromatic amines is 2. The highest BCUT2D eigenvalue weighted by Gasteiger charge is 2.20. The largest absolute Gasteiger partial charge is 0.481 e. The van der Waals surface area contributed by atoms with Crippen LogP contribution in [0.15, 0.2) is 72.9 Å². The number of benzene rings is 3. The normalized spacial score (nSPS) is 12.0. The lowest BCUT2D eigenvalue weighted by Crippen LogP contribution is -2.08. The predicted molar refractivity (Wildman–Crippen MR) is 151 cm³/mol. The van der Waals surface area contributed by atoms with Crippen LogP contribution in [0.4, 0.5) is 11.4 Å². The maximum Gasteiger partial charge on any atom is 0.310 e. The van der Waals surface area contributed by atoms with Crippen molar-refractivity contribution >= 4 is 28.2 Å². The number of H-pyrrole nitrogens is 2. The van der Waals surface area contributed by atoms with Crippen molar-refractivity contribution in [2.24, 2.45) is 0 Å². The van der Waals surface area contributed by atoms with Crippen molar-refractivity contribution in [3.8, 4) is 33.9 Å². The molecular weight excluding hydrogens is 462 g/mol. The van der Waals surface area contributed by atoms with Crippen LogP contribution in [0.3, 0.4) is 0 Å². The molecule has 7 nitrogen and oxygen atoms in total. The third-order valence-electron chi connectivity index (χ3n) is 6.86. The van der Waals surface area contributed by atoms with E-state index >= 15 is 0 Å². The Morgan fingerprint density at radius 2 is 1.46 bits per heavy atom. The Morgan fingerprint density at radius 1 is 0.865 bits per heavy atom. The Bertz CT molecular complexity index is 1490. The lowest BCUT2D eigenvalue weighted by molar-refractivity contribution is -0.138. The van der Waals surface area contributed by atoms with Crippen molar-refractivity contribution in [1.29, 1.82) is 0 Å². The zero-order valence-corrected chi connectivity index (χ0v) is 21.7. The van der Waals surface area contributed by atoms with Crippen molar-refractivity contribution in [3.05, 3.63) is 78.5 Å². The third kappa shape index (κ3) is 4.56. The number of aliphatic carboxylic acids is 1. The highest BCUT2D eigenvalue weighted by atomic mass is 16.4. The summed E-state index contributed by atoms with van der Waals surface area (Å²) in [6, 6.07) is 22.5. The number of anilines is 2. The van der Waals surface area contributed by atoms with E-state index in [1.165, 1.54) is 0 Å². The smallest absolute Gasteiger partial charge is 0.310 e. The Balaban J connectivity index is 1.66. The summed E-state index contributed by atoms with van der Waals surface area (Å²) in [5.74, 6) is -0.716. The van der Waals surface area contributed by atoms with Crippen molar-refractivity contribution in [2.75, 3.05) is 38.0 Å². The molecule has 0 aliphatic carbocycles. The first-order valence-corrected chi connectivity index (χ1v) is 12.2. The molecule has 188 valence electrons. The zero-order valence-electron chi connectivity index (χ0n) is 21.7. The van der Waals surface area contributed by atoms with Crippen LogP contribution >= 0.6 is 0 Å². The standard InChI is InChI=1S/C30H31N5O2/c1-18(30(36)37)21-10-15-26-24(16-21)25(17-31-26)29-32-27(19-6-11-22(12-7-19)34(2)3)28(33-29)20-8-13-23(14-9-20)35(4)5/h6-18,31H,1-5H3,(H,32,33)(H,36,37). The number of nitrogens with one attached hydrogen (secondary N) is 2. The first-order valence-electron chi connectivity index (χ1n) is 12.2. The average Bonchev–Trinajstić information content (AvgIpc) is 3.52. The van der Waals surface area contributed by atoms with Gasteiger partial charge in [0.05, 0.1) is 17.3 Å². The molecule has 7 heteroatoms. The molecular formula is C30H31N5O2. The van der Waals surface area contributed by atoms with Crippen LogP contribution in [0.5, 0.6) is 0 Å². The Labute approximate surface area is 216 Å². The Hall–Kier alpha value is -4.52. The minimum absolute atomic E-state index is 0.597. The number of imidazole rings is 1. The van der Waals surface area contributed by atoms with Gasteiger partial charge in [-0.1, -0.05) is 30.3 Å². The molecule has 0 bridgehead atoms. The molecule has 0 saturated heterocycles. The molecule has 2 heterocycles. The number of hydrogen-bond donors (Lipinski definition) is 3. The molecule has 0 fully saturated rings. The van der Waals surface area contributed by atoms with E-state index in [1.807, 2.05) is 52.6 Å². The van der Waals surface area contributed by atoms with E-state index in [9.17, 15) is 9.90 Å². The summed E-state index contributed by atoms with van der Waals surface area (Å²) in [6.45, 7) is 1.70. The highest BCUT2D eigenvalue weighted by Crippen LogP contribution is 2.37. The van der Waals surface area contributed by atoms with Gasteiger partial charge in [0, 0.05) is 73.4 Å². The lowest BCUT2D eigenvalue weighted by Gasteiger charge is -2.13. The van der Waals surface area contributed by atoms with Crippen molar-refractivity contribution in [3.63, 3.8) is 0 Å². The number of carbonyl (C=O) groups is 1. The van der Waals surface area contributed by atoms with Gasteiger partial charge in [-0.3, -0.25) is 4.79 Å². The molecule has 3 aromatic carbocycles. The number of carboxylic acids is 1. The fourth-order valence-electron chi connectivity index (χ4n) is 4.51. The SMILES string of the molecule is CC(C(=O)O)c1ccc2[nH]cc(-c3nc(-c4ccc(N(C)C)cc4)c(-c4ccc(N(C)C)cc4)[nH]3)c2c1. The summed E-state index contributed by atoms with van der Waals surface area (Å²) in [5, 5.41) is 10.4.